The highest BCUT2D eigenvalue weighted by Gasteiger charge is 2.31. The smallest absolute Gasteiger partial charge is 0.224 e. The zero-order valence-electron chi connectivity index (χ0n) is 14.7. The minimum Gasteiger partial charge on any atom is -0.361 e. The van der Waals surface area contributed by atoms with Crippen LogP contribution < -0.4 is 0 Å². The standard InChI is InChI=1S/C18H25N5O2/c1-13-2-3-16-15(10-13)18(25-21-16)14-4-7-22(8-5-14)17(24)6-9-23-12-19-11-20-23/h11-14H,2-10H2,1H3/t13-/m0/s1. The number of aromatic nitrogens is 4. The van der Waals surface area contributed by atoms with Crippen LogP contribution in [0.3, 0.4) is 0 Å². The number of carbonyl (C=O) groups excluding carboxylic acids is 1. The van der Waals surface area contributed by atoms with Crippen molar-refractivity contribution in [3.63, 3.8) is 0 Å². The van der Waals surface area contributed by atoms with Gasteiger partial charge in [-0.05, 0) is 38.0 Å². The van der Waals surface area contributed by atoms with Crippen LogP contribution in [0.4, 0.5) is 0 Å². The van der Waals surface area contributed by atoms with Crippen molar-refractivity contribution in [2.24, 2.45) is 5.92 Å². The van der Waals surface area contributed by atoms with Crippen molar-refractivity contribution in [1.29, 1.82) is 0 Å². The van der Waals surface area contributed by atoms with Gasteiger partial charge in [0.1, 0.15) is 18.4 Å². The van der Waals surface area contributed by atoms with Gasteiger partial charge in [-0.15, -0.1) is 0 Å². The van der Waals surface area contributed by atoms with Gasteiger partial charge in [0.15, 0.2) is 0 Å². The van der Waals surface area contributed by atoms with Crippen molar-refractivity contribution in [1.82, 2.24) is 24.8 Å². The highest BCUT2D eigenvalue weighted by atomic mass is 16.5. The molecule has 2 aliphatic rings. The summed E-state index contributed by atoms with van der Waals surface area (Å²) in [5.41, 5.74) is 2.52. The molecule has 1 aliphatic carbocycles. The van der Waals surface area contributed by atoms with Crippen LogP contribution in [-0.2, 0) is 24.2 Å². The molecule has 1 fully saturated rings. The van der Waals surface area contributed by atoms with E-state index >= 15 is 0 Å². The van der Waals surface area contributed by atoms with E-state index in [0.29, 0.717) is 24.8 Å². The van der Waals surface area contributed by atoms with Gasteiger partial charge in [0.2, 0.25) is 5.91 Å². The van der Waals surface area contributed by atoms with E-state index in [4.69, 9.17) is 4.52 Å². The number of fused-ring (bicyclic) bond motifs is 1. The normalized spacial score (nSPS) is 21.3. The first-order valence-corrected chi connectivity index (χ1v) is 9.28. The van der Waals surface area contributed by atoms with Crippen LogP contribution in [0.1, 0.15) is 55.5 Å². The Morgan fingerprint density at radius 2 is 2.16 bits per heavy atom. The molecule has 4 rings (SSSR count). The maximum absolute atomic E-state index is 12.4. The summed E-state index contributed by atoms with van der Waals surface area (Å²) >= 11 is 0. The van der Waals surface area contributed by atoms with Crippen LogP contribution in [0.2, 0.25) is 0 Å². The van der Waals surface area contributed by atoms with E-state index in [1.165, 1.54) is 24.0 Å². The lowest BCUT2D eigenvalue weighted by atomic mass is 9.83. The number of carbonyl (C=O) groups is 1. The Hall–Kier alpha value is -2.18. The topological polar surface area (TPSA) is 77.0 Å². The molecule has 1 amide bonds. The lowest BCUT2D eigenvalue weighted by Gasteiger charge is -2.31. The van der Waals surface area contributed by atoms with Crippen molar-refractivity contribution < 1.29 is 9.32 Å². The number of hydrogen-bond donors (Lipinski definition) is 0. The minimum absolute atomic E-state index is 0.196. The number of hydrogen-bond acceptors (Lipinski definition) is 5. The molecular weight excluding hydrogens is 318 g/mol. The summed E-state index contributed by atoms with van der Waals surface area (Å²) in [6, 6.07) is 0. The van der Waals surface area contributed by atoms with Crippen molar-refractivity contribution in [3.05, 3.63) is 29.7 Å². The van der Waals surface area contributed by atoms with Gasteiger partial charge >= 0.3 is 0 Å². The maximum atomic E-state index is 12.4. The molecule has 0 aromatic carbocycles. The summed E-state index contributed by atoms with van der Waals surface area (Å²) in [6.45, 7) is 4.49. The van der Waals surface area contributed by atoms with E-state index in [1.807, 2.05) is 4.90 Å². The number of amides is 1. The molecule has 0 radical (unpaired) electrons. The van der Waals surface area contributed by atoms with Gasteiger partial charge < -0.3 is 9.42 Å². The molecule has 0 N–H and O–H groups in total. The van der Waals surface area contributed by atoms with Crippen molar-refractivity contribution in [2.45, 2.75) is 57.9 Å². The van der Waals surface area contributed by atoms with Gasteiger partial charge in [0, 0.05) is 31.0 Å². The number of piperidine rings is 1. The number of nitrogens with zero attached hydrogens (tertiary/aromatic N) is 5. The predicted molar refractivity (Wildman–Crippen MR) is 90.9 cm³/mol. The third-order valence-electron chi connectivity index (χ3n) is 5.57. The molecule has 7 nitrogen and oxygen atoms in total. The molecule has 1 atom stereocenters. The summed E-state index contributed by atoms with van der Waals surface area (Å²) in [4.78, 5) is 18.3. The van der Waals surface area contributed by atoms with Crippen LogP contribution in [-0.4, -0.2) is 43.8 Å². The van der Waals surface area contributed by atoms with Crippen molar-refractivity contribution >= 4 is 5.91 Å². The maximum Gasteiger partial charge on any atom is 0.224 e. The molecule has 25 heavy (non-hydrogen) atoms. The van der Waals surface area contributed by atoms with Crippen molar-refractivity contribution in [2.75, 3.05) is 13.1 Å². The Balaban J connectivity index is 1.32. The molecule has 0 unspecified atom stereocenters. The molecular formula is C18H25N5O2. The fourth-order valence-corrected chi connectivity index (χ4v) is 4.03. The van der Waals surface area contributed by atoms with Gasteiger partial charge in [-0.2, -0.15) is 5.10 Å². The van der Waals surface area contributed by atoms with E-state index in [1.54, 1.807) is 11.0 Å². The molecule has 1 aliphatic heterocycles. The summed E-state index contributed by atoms with van der Waals surface area (Å²) in [5, 5.41) is 8.35. The molecule has 0 saturated carbocycles. The molecule has 2 aromatic rings. The molecule has 3 heterocycles. The fraction of sp³-hybridized carbons (Fsp3) is 0.667. The second kappa shape index (κ2) is 6.98. The molecule has 134 valence electrons. The van der Waals surface area contributed by atoms with Crippen LogP contribution in [0.25, 0.3) is 0 Å². The van der Waals surface area contributed by atoms with Crippen LogP contribution in [0, 0.1) is 5.92 Å². The first-order chi connectivity index (χ1) is 12.2. The zero-order valence-corrected chi connectivity index (χ0v) is 14.7. The Labute approximate surface area is 147 Å². The summed E-state index contributed by atoms with van der Waals surface area (Å²) < 4.78 is 7.43. The Bertz CT molecular complexity index is 716. The Kier molecular flexibility index (Phi) is 4.55. The SMILES string of the molecule is C[C@H]1CCc2noc(C3CCN(C(=O)CCn4cncn4)CC3)c2C1. The van der Waals surface area contributed by atoms with Crippen LogP contribution in [0.5, 0.6) is 0 Å². The summed E-state index contributed by atoms with van der Waals surface area (Å²) in [5.74, 6) is 2.41. The monoisotopic (exact) mass is 343 g/mol. The highest BCUT2D eigenvalue weighted by Crippen LogP contribution is 2.36. The summed E-state index contributed by atoms with van der Waals surface area (Å²) in [7, 11) is 0. The molecule has 0 spiro atoms. The number of rotatable bonds is 4. The van der Waals surface area contributed by atoms with Gasteiger partial charge in [-0.1, -0.05) is 12.1 Å². The van der Waals surface area contributed by atoms with Crippen LogP contribution >= 0.6 is 0 Å². The first-order valence-electron chi connectivity index (χ1n) is 9.28. The van der Waals surface area contributed by atoms with E-state index in [-0.39, 0.29) is 5.91 Å². The van der Waals surface area contributed by atoms with Gasteiger partial charge in [0.25, 0.3) is 0 Å². The fourth-order valence-electron chi connectivity index (χ4n) is 4.03. The molecule has 2 aromatic heterocycles. The lowest BCUT2D eigenvalue weighted by molar-refractivity contribution is -0.132. The van der Waals surface area contributed by atoms with E-state index in [2.05, 4.69) is 22.2 Å². The van der Waals surface area contributed by atoms with Crippen LogP contribution in [0.15, 0.2) is 17.2 Å². The third-order valence-corrected chi connectivity index (χ3v) is 5.57. The average Bonchev–Trinajstić information content (AvgIpc) is 3.29. The summed E-state index contributed by atoms with van der Waals surface area (Å²) in [6.07, 6.45) is 8.88. The third kappa shape index (κ3) is 3.45. The Morgan fingerprint density at radius 1 is 1.32 bits per heavy atom. The quantitative estimate of drug-likeness (QED) is 0.850. The number of aryl methyl sites for hydroxylation is 2. The number of likely N-dealkylation sites (tertiary alicyclic amines) is 1. The predicted octanol–water partition coefficient (Wildman–Crippen LogP) is 2.19. The van der Waals surface area contributed by atoms with E-state index in [0.717, 1.165) is 44.5 Å². The largest absolute Gasteiger partial charge is 0.361 e. The highest BCUT2D eigenvalue weighted by molar-refractivity contribution is 5.76. The molecule has 7 heteroatoms. The second-order valence-electron chi connectivity index (χ2n) is 7.38. The van der Waals surface area contributed by atoms with E-state index < -0.39 is 0 Å². The second-order valence-corrected chi connectivity index (χ2v) is 7.38. The average molecular weight is 343 g/mol. The lowest BCUT2D eigenvalue weighted by Crippen LogP contribution is -2.38. The zero-order chi connectivity index (χ0) is 17.2. The Morgan fingerprint density at radius 3 is 2.92 bits per heavy atom. The van der Waals surface area contributed by atoms with E-state index in [9.17, 15) is 4.79 Å². The minimum atomic E-state index is 0.196. The first kappa shape index (κ1) is 16.3. The molecule has 0 bridgehead atoms. The van der Waals surface area contributed by atoms with Crippen molar-refractivity contribution in [3.8, 4) is 0 Å². The molecule has 1 saturated heterocycles. The van der Waals surface area contributed by atoms with Gasteiger partial charge in [-0.3, -0.25) is 9.48 Å². The van der Waals surface area contributed by atoms with Gasteiger partial charge in [-0.25, -0.2) is 4.98 Å². The van der Waals surface area contributed by atoms with Gasteiger partial charge in [0.05, 0.1) is 12.2 Å².